The molecule has 0 spiro atoms. The van der Waals surface area contributed by atoms with Gasteiger partial charge in [0.1, 0.15) is 0 Å². The first-order valence-corrected chi connectivity index (χ1v) is 6.48. The second-order valence-electron chi connectivity index (χ2n) is 4.40. The molecule has 94 valence electrons. The maximum Gasteiger partial charge on any atom is 0.232 e. The van der Waals surface area contributed by atoms with E-state index in [1.807, 2.05) is 0 Å². The van der Waals surface area contributed by atoms with Crippen molar-refractivity contribution < 1.29 is 4.74 Å². The Balaban J connectivity index is 2.17. The van der Waals surface area contributed by atoms with E-state index in [4.69, 9.17) is 10.5 Å². The van der Waals surface area contributed by atoms with Crippen molar-refractivity contribution in [3.8, 4) is 5.88 Å². The van der Waals surface area contributed by atoms with Crippen molar-refractivity contribution in [3.05, 3.63) is 10.7 Å². The Morgan fingerprint density at radius 1 is 1.59 bits per heavy atom. The van der Waals surface area contributed by atoms with Crippen LogP contribution in [0.5, 0.6) is 5.88 Å². The van der Waals surface area contributed by atoms with Gasteiger partial charge in [0.05, 0.1) is 17.8 Å². The van der Waals surface area contributed by atoms with Gasteiger partial charge in [-0.25, -0.2) is 4.98 Å². The van der Waals surface area contributed by atoms with Crippen LogP contribution >= 0.6 is 15.9 Å². The highest BCUT2D eigenvalue weighted by molar-refractivity contribution is 9.10. The lowest BCUT2D eigenvalue weighted by Gasteiger charge is -2.35. The van der Waals surface area contributed by atoms with Crippen LogP contribution in [0.4, 0.5) is 5.95 Å². The maximum atomic E-state index is 6.07. The molecule has 0 aromatic carbocycles. The van der Waals surface area contributed by atoms with Crippen molar-refractivity contribution in [3.63, 3.8) is 0 Å². The Morgan fingerprint density at radius 3 is 3.00 bits per heavy atom. The quantitative estimate of drug-likeness (QED) is 0.895. The number of hydrogen-bond donors (Lipinski definition) is 1. The molecule has 2 heterocycles. The highest BCUT2D eigenvalue weighted by atomic mass is 79.9. The molecule has 0 saturated carbocycles. The molecule has 5 nitrogen and oxygen atoms in total. The maximum absolute atomic E-state index is 6.07. The van der Waals surface area contributed by atoms with Crippen molar-refractivity contribution in [1.82, 2.24) is 9.97 Å². The van der Waals surface area contributed by atoms with Crippen molar-refractivity contribution in [2.45, 2.75) is 19.4 Å². The lowest BCUT2D eigenvalue weighted by atomic mass is 9.95. The zero-order chi connectivity index (χ0) is 12.4. The molecule has 1 saturated heterocycles. The molecule has 2 rings (SSSR count). The third-order valence-corrected chi connectivity index (χ3v) is 3.74. The first-order chi connectivity index (χ1) is 8.11. The van der Waals surface area contributed by atoms with Crippen molar-refractivity contribution in [1.29, 1.82) is 0 Å². The van der Waals surface area contributed by atoms with E-state index >= 15 is 0 Å². The third-order valence-electron chi connectivity index (χ3n) is 3.19. The zero-order valence-corrected chi connectivity index (χ0v) is 11.6. The monoisotopic (exact) mass is 300 g/mol. The Morgan fingerprint density at radius 2 is 2.35 bits per heavy atom. The molecule has 1 fully saturated rings. The lowest BCUT2D eigenvalue weighted by molar-refractivity contribution is 0.370. The van der Waals surface area contributed by atoms with Crippen LogP contribution in [0.15, 0.2) is 10.7 Å². The van der Waals surface area contributed by atoms with E-state index in [0.29, 0.717) is 17.7 Å². The van der Waals surface area contributed by atoms with Crippen LogP contribution in [-0.4, -0.2) is 36.2 Å². The molecule has 6 heteroatoms. The molecule has 1 aromatic rings. The van der Waals surface area contributed by atoms with Crippen molar-refractivity contribution in [2.24, 2.45) is 11.7 Å². The van der Waals surface area contributed by atoms with Gasteiger partial charge in [-0.3, -0.25) is 0 Å². The van der Waals surface area contributed by atoms with E-state index in [2.05, 4.69) is 37.7 Å². The Bertz CT molecular complexity index is 401. The molecule has 0 bridgehead atoms. The second-order valence-corrected chi connectivity index (χ2v) is 5.26. The number of nitrogens with two attached hydrogens (primary N) is 1. The van der Waals surface area contributed by atoms with Crippen LogP contribution in [0.2, 0.25) is 0 Å². The van der Waals surface area contributed by atoms with Gasteiger partial charge in [-0.15, -0.1) is 0 Å². The average molecular weight is 301 g/mol. The summed E-state index contributed by atoms with van der Waals surface area (Å²) in [7, 11) is 1.60. The number of rotatable bonds is 2. The summed E-state index contributed by atoms with van der Waals surface area (Å²) in [6.45, 7) is 3.93. The fourth-order valence-electron chi connectivity index (χ4n) is 1.92. The minimum atomic E-state index is 0.182. The summed E-state index contributed by atoms with van der Waals surface area (Å²) in [6.07, 6.45) is 2.79. The number of halogens is 1. The molecule has 2 N–H and O–H groups in total. The lowest BCUT2D eigenvalue weighted by Crippen LogP contribution is -2.48. The Hall–Kier alpha value is -0.880. The van der Waals surface area contributed by atoms with Crippen LogP contribution in [0.3, 0.4) is 0 Å². The molecule has 1 aromatic heterocycles. The molecule has 1 aliphatic rings. The minimum Gasteiger partial charge on any atom is -0.480 e. The summed E-state index contributed by atoms with van der Waals surface area (Å²) in [6, 6.07) is 0.182. The normalized spacial score (nSPS) is 24.8. The Kier molecular flexibility index (Phi) is 3.83. The van der Waals surface area contributed by atoms with Crippen LogP contribution in [0, 0.1) is 5.92 Å². The highest BCUT2D eigenvalue weighted by Gasteiger charge is 2.25. The van der Waals surface area contributed by atoms with Crippen LogP contribution in [0.25, 0.3) is 0 Å². The minimum absolute atomic E-state index is 0.182. The molecular weight excluding hydrogens is 284 g/mol. The molecule has 17 heavy (non-hydrogen) atoms. The van der Waals surface area contributed by atoms with Crippen LogP contribution in [0.1, 0.15) is 13.3 Å². The number of nitrogens with zero attached hydrogens (tertiary/aromatic N) is 3. The SMILES string of the molecule is COc1nc(N2CCC(C)C(N)C2)ncc1Br. The molecular formula is C11H17BrN4O. The van der Waals surface area contributed by atoms with Crippen molar-refractivity contribution in [2.75, 3.05) is 25.1 Å². The van der Waals surface area contributed by atoms with Gasteiger partial charge in [-0.2, -0.15) is 4.98 Å². The topological polar surface area (TPSA) is 64.3 Å². The van der Waals surface area contributed by atoms with Crippen LogP contribution < -0.4 is 15.4 Å². The third kappa shape index (κ3) is 2.69. The number of piperidine rings is 1. The first kappa shape index (κ1) is 12.6. The molecule has 0 amide bonds. The van der Waals surface area contributed by atoms with E-state index < -0.39 is 0 Å². The fourth-order valence-corrected chi connectivity index (χ4v) is 2.27. The molecule has 0 aliphatic carbocycles. The number of ether oxygens (including phenoxy) is 1. The van der Waals surface area contributed by atoms with Gasteiger partial charge >= 0.3 is 0 Å². The summed E-state index contributed by atoms with van der Waals surface area (Å²) >= 11 is 3.34. The number of hydrogen-bond acceptors (Lipinski definition) is 5. The summed E-state index contributed by atoms with van der Waals surface area (Å²) in [4.78, 5) is 10.8. The van der Waals surface area contributed by atoms with E-state index in [1.54, 1.807) is 13.3 Å². The largest absolute Gasteiger partial charge is 0.480 e. The van der Waals surface area contributed by atoms with Gasteiger partial charge in [-0.05, 0) is 28.3 Å². The summed E-state index contributed by atoms with van der Waals surface area (Å²) in [5, 5.41) is 0. The Labute approximate surface area is 110 Å². The average Bonchev–Trinajstić information content (AvgIpc) is 2.33. The van der Waals surface area contributed by atoms with Crippen LogP contribution in [-0.2, 0) is 0 Å². The second kappa shape index (κ2) is 5.18. The van der Waals surface area contributed by atoms with E-state index in [0.717, 1.165) is 24.0 Å². The van der Waals surface area contributed by atoms with Gasteiger partial charge in [0, 0.05) is 19.1 Å². The van der Waals surface area contributed by atoms with Crippen molar-refractivity contribution >= 4 is 21.9 Å². The molecule has 0 radical (unpaired) electrons. The van der Waals surface area contributed by atoms with Gasteiger partial charge in [0.25, 0.3) is 0 Å². The van der Waals surface area contributed by atoms with Gasteiger partial charge in [-0.1, -0.05) is 6.92 Å². The van der Waals surface area contributed by atoms with Gasteiger partial charge in [0.15, 0.2) is 0 Å². The smallest absolute Gasteiger partial charge is 0.232 e. The van der Waals surface area contributed by atoms with E-state index in [1.165, 1.54) is 0 Å². The fraction of sp³-hybridized carbons (Fsp3) is 0.636. The first-order valence-electron chi connectivity index (χ1n) is 5.69. The number of anilines is 1. The standard InChI is InChI=1S/C11H17BrN4O/c1-7-3-4-16(6-9(7)13)11-14-5-8(12)10(15-11)17-2/h5,7,9H,3-4,6,13H2,1-2H3. The zero-order valence-electron chi connectivity index (χ0n) is 10.1. The van der Waals surface area contributed by atoms with E-state index in [9.17, 15) is 0 Å². The number of methoxy groups -OCH3 is 1. The molecule has 2 atom stereocenters. The predicted molar refractivity (Wildman–Crippen MR) is 70.3 cm³/mol. The summed E-state index contributed by atoms with van der Waals surface area (Å²) in [5.74, 6) is 1.80. The summed E-state index contributed by atoms with van der Waals surface area (Å²) < 4.78 is 5.93. The molecule has 2 unspecified atom stereocenters. The molecule has 1 aliphatic heterocycles. The van der Waals surface area contributed by atoms with Gasteiger partial charge < -0.3 is 15.4 Å². The highest BCUT2D eigenvalue weighted by Crippen LogP contribution is 2.25. The van der Waals surface area contributed by atoms with E-state index in [-0.39, 0.29) is 6.04 Å². The number of aromatic nitrogens is 2. The predicted octanol–water partition coefficient (Wildman–Crippen LogP) is 1.42. The van der Waals surface area contributed by atoms with Gasteiger partial charge in [0.2, 0.25) is 11.8 Å². The summed E-state index contributed by atoms with van der Waals surface area (Å²) in [5.41, 5.74) is 6.07.